The minimum atomic E-state index is -0.956. The summed E-state index contributed by atoms with van der Waals surface area (Å²) in [4.78, 5) is 39.3. The van der Waals surface area contributed by atoms with Gasteiger partial charge in [0, 0.05) is 43.7 Å². The lowest BCUT2D eigenvalue weighted by Gasteiger charge is -2.24. The molecular formula is C37H45NO10. The summed E-state index contributed by atoms with van der Waals surface area (Å²) in [7, 11) is 4.39. The Bertz CT molecular complexity index is 1570. The Morgan fingerprint density at radius 3 is 2.44 bits per heavy atom. The third-order valence-electron chi connectivity index (χ3n) is 8.38. The van der Waals surface area contributed by atoms with Crippen LogP contribution in [0.2, 0.25) is 0 Å². The molecule has 4 rings (SSSR count). The van der Waals surface area contributed by atoms with Gasteiger partial charge in [0.05, 0.1) is 33.7 Å². The van der Waals surface area contributed by atoms with E-state index in [0.29, 0.717) is 80.7 Å². The summed E-state index contributed by atoms with van der Waals surface area (Å²) in [5.41, 5.74) is 0.554. The summed E-state index contributed by atoms with van der Waals surface area (Å²) >= 11 is 0. The molecule has 11 nitrogen and oxygen atoms in total. The van der Waals surface area contributed by atoms with Crippen LogP contribution < -0.4 is 19.5 Å². The standard InChI is InChI=1S/C37H45NO10/c1-23-11-8-14-26(39)13-7-5-6-12-24-19-29(40)34(35(42)33(24)37(43)48-23)28(22-32(41)38-17-9-15-27-16-10-18-47-27)25-20-30(44-2)36(46-4)31(21-25)45-3/h6,10,12,16,18-21,23,28,40,42H,5,7-9,11,13-15,17,22H2,1-4H3,(H,38,41)/t23-,28?/m0/s1. The number of benzene rings is 2. The minimum absolute atomic E-state index is 0.0292. The number of phenolic OH excluding ortho intramolecular Hbond substituents is 2. The number of esters is 1. The van der Waals surface area contributed by atoms with Crippen molar-refractivity contribution in [2.24, 2.45) is 0 Å². The topological polar surface area (TPSA) is 154 Å². The maximum atomic E-state index is 13.7. The first-order chi connectivity index (χ1) is 23.2. The molecule has 0 fully saturated rings. The van der Waals surface area contributed by atoms with E-state index in [4.69, 9.17) is 23.4 Å². The maximum absolute atomic E-state index is 13.7. The molecule has 0 spiro atoms. The van der Waals surface area contributed by atoms with E-state index in [9.17, 15) is 24.6 Å². The van der Waals surface area contributed by atoms with Crippen LogP contribution >= 0.6 is 0 Å². The van der Waals surface area contributed by atoms with E-state index < -0.39 is 23.7 Å². The normalized spacial score (nSPS) is 16.3. The number of allylic oxidation sites excluding steroid dienone is 1. The molecule has 2 atom stereocenters. The fourth-order valence-corrected chi connectivity index (χ4v) is 5.91. The van der Waals surface area contributed by atoms with Gasteiger partial charge in [-0.3, -0.25) is 9.59 Å². The SMILES string of the molecule is COc1cc(C(CC(=O)NCCCc2ccco2)c2c(O)cc3c(c2O)C(=O)O[C@@H](C)CCCC(=O)CCCC=C3)cc(OC)c1OC. The summed E-state index contributed by atoms with van der Waals surface area (Å²) < 4.78 is 27.7. The molecule has 0 radical (unpaired) electrons. The highest BCUT2D eigenvalue weighted by molar-refractivity contribution is 5.98. The number of aromatic hydroxyl groups is 2. The van der Waals surface area contributed by atoms with Crippen molar-refractivity contribution >= 4 is 23.7 Å². The van der Waals surface area contributed by atoms with E-state index in [2.05, 4.69) is 5.32 Å². The highest BCUT2D eigenvalue weighted by Crippen LogP contribution is 2.47. The van der Waals surface area contributed by atoms with E-state index in [1.165, 1.54) is 27.4 Å². The van der Waals surface area contributed by atoms with Gasteiger partial charge in [-0.2, -0.15) is 0 Å². The smallest absolute Gasteiger partial charge is 0.342 e. The molecule has 3 aromatic rings. The number of amides is 1. The molecule has 1 unspecified atom stereocenters. The Morgan fingerprint density at radius 1 is 1.04 bits per heavy atom. The van der Waals surface area contributed by atoms with Crippen LogP contribution in [0.4, 0.5) is 0 Å². The molecule has 1 aliphatic rings. The molecule has 1 aliphatic heterocycles. The Hall–Kier alpha value is -4.93. The number of ketones is 1. The summed E-state index contributed by atoms with van der Waals surface area (Å²) in [6.45, 7) is 2.10. The summed E-state index contributed by atoms with van der Waals surface area (Å²) in [5, 5.41) is 26.3. The Balaban J connectivity index is 1.78. The van der Waals surface area contributed by atoms with Crippen molar-refractivity contribution < 1.29 is 48.0 Å². The van der Waals surface area contributed by atoms with Crippen LogP contribution in [-0.2, 0) is 20.7 Å². The van der Waals surface area contributed by atoms with E-state index in [0.717, 1.165) is 5.76 Å². The molecule has 0 bridgehead atoms. The number of nitrogens with one attached hydrogen (secondary N) is 1. The van der Waals surface area contributed by atoms with Gasteiger partial charge in [0.25, 0.3) is 0 Å². The van der Waals surface area contributed by atoms with Gasteiger partial charge in [-0.15, -0.1) is 0 Å². The quantitative estimate of drug-likeness (QED) is 0.154. The molecule has 48 heavy (non-hydrogen) atoms. The number of furan rings is 1. The second-order valence-corrected chi connectivity index (χ2v) is 11.8. The number of cyclic esters (lactones) is 1. The van der Waals surface area contributed by atoms with Crippen molar-refractivity contribution in [3.05, 3.63) is 70.7 Å². The van der Waals surface area contributed by atoms with Crippen LogP contribution in [-0.4, -0.2) is 61.9 Å². The molecule has 0 saturated carbocycles. The number of carbonyl (C=O) groups is 3. The Labute approximate surface area is 280 Å². The van der Waals surface area contributed by atoms with Gasteiger partial charge in [-0.05, 0) is 80.5 Å². The van der Waals surface area contributed by atoms with Crippen LogP contribution in [0.25, 0.3) is 6.08 Å². The number of hydrogen-bond acceptors (Lipinski definition) is 10. The van der Waals surface area contributed by atoms with Crippen LogP contribution in [0.5, 0.6) is 28.7 Å². The van der Waals surface area contributed by atoms with Gasteiger partial charge < -0.3 is 38.9 Å². The zero-order chi connectivity index (χ0) is 34.6. The Kier molecular flexibility index (Phi) is 12.9. The molecule has 2 heterocycles. The average Bonchev–Trinajstić information content (AvgIpc) is 3.58. The first-order valence-corrected chi connectivity index (χ1v) is 16.2. The minimum Gasteiger partial charge on any atom is -0.507 e. The van der Waals surface area contributed by atoms with Crippen LogP contribution in [0.1, 0.15) is 97.0 Å². The zero-order valence-corrected chi connectivity index (χ0v) is 28.0. The molecule has 3 N–H and O–H groups in total. The van der Waals surface area contributed by atoms with Gasteiger partial charge in [0.2, 0.25) is 11.7 Å². The molecule has 2 aromatic carbocycles. The van der Waals surface area contributed by atoms with E-state index in [-0.39, 0.29) is 40.6 Å². The van der Waals surface area contributed by atoms with Crippen LogP contribution in [0.3, 0.4) is 0 Å². The average molecular weight is 664 g/mol. The van der Waals surface area contributed by atoms with Gasteiger partial charge in [-0.25, -0.2) is 4.79 Å². The van der Waals surface area contributed by atoms with Crippen molar-refractivity contribution in [1.82, 2.24) is 5.32 Å². The molecule has 258 valence electrons. The number of Topliss-reactive ketones (excluding diaryl/α,β-unsaturated/α-hetero) is 1. The molecule has 1 aromatic heterocycles. The number of phenols is 2. The summed E-state index contributed by atoms with van der Waals surface area (Å²) in [6, 6.07) is 8.34. The van der Waals surface area contributed by atoms with Gasteiger partial charge in [-0.1, -0.05) is 12.2 Å². The second-order valence-electron chi connectivity index (χ2n) is 11.8. The van der Waals surface area contributed by atoms with E-state index >= 15 is 0 Å². The summed E-state index contributed by atoms with van der Waals surface area (Å²) in [5.74, 6) is -0.995. The van der Waals surface area contributed by atoms with Crippen molar-refractivity contribution in [3.63, 3.8) is 0 Å². The van der Waals surface area contributed by atoms with Gasteiger partial charge in [0.15, 0.2) is 11.5 Å². The maximum Gasteiger partial charge on any atom is 0.342 e. The van der Waals surface area contributed by atoms with Crippen LogP contribution in [0, 0.1) is 0 Å². The largest absolute Gasteiger partial charge is 0.507 e. The number of methoxy groups -OCH3 is 3. The Morgan fingerprint density at radius 2 is 1.77 bits per heavy atom. The number of hydrogen-bond donors (Lipinski definition) is 3. The zero-order valence-electron chi connectivity index (χ0n) is 28.0. The lowest BCUT2D eigenvalue weighted by Crippen LogP contribution is -2.27. The fourth-order valence-electron chi connectivity index (χ4n) is 5.91. The first kappa shape index (κ1) is 35.9. The number of carbonyl (C=O) groups excluding carboxylic acids is 3. The van der Waals surface area contributed by atoms with Crippen molar-refractivity contribution in [3.8, 4) is 28.7 Å². The number of aryl methyl sites for hydroxylation is 1. The van der Waals surface area contributed by atoms with Crippen molar-refractivity contribution in [2.45, 2.75) is 76.7 Å². The second kappa shape index (κ2) is 17.3. The number of rotatable bonds is 11. The number of fused-ring (bicyclic) bond motifs is 1. The molecular weight excluding hydrogens is 618 g/mol. The highest BCUT2D eigenvalue weighted by atomic mass is 16.5. The lowest BCUT2D eigenvalue weighted by molar-refractivity contribution is -0.121. The highest BCUT2D eigenvalue weighted by Gasteiger charge is 2.32. The molecule has 11 heteroatoms. The third kappa shape index (κ3) is 9.11. The van der Waals surface area contributed by atoms with E-state index in [1.54, 1.807) is 43.5 Å². The molecule has 0 saturated heterocycles. The first-order valence-electron chi connectivity index (χ1n) is 16.2. The predicted octanol–water partition coefficient (Wildman–Crippen LogP) is 6.47. The molecule has 1 amide bonds. The summed E-state index contributed by atoms with van der Waals surface area (Å²) in [6.07, 6.45) is 8.67. The predicted molar refractivity (Wildman–Crippen MR) is 179 cm³/mol. The van der Waals surface area contributed by atoms with Crippen LogP contribution in [0.15, 0.2) is 47.1 Å². The van der Waals surface area contributed by atoms with Gasteiger partial charge in [0.1, 0.15) is 28.6 Å². The van der Waals surface area contributed by atoms with Crippen molar-refractivity contribution in [1.29, 1.82) is 0 Å². The van der Waals surface area contributed by atoms with Gasteiger partial charge >= 0.3 is 5.97 Å². The number of ether oxygens (including phenoxy) is 4. The third-order valence-corrected chi connectivity index (χ3v) is 8.38. The molecule has 0 aliphatic carbocycles. The monoisotopic (exact) mass is 663 g/mol. The fraction of sp³-hybridized carbons (Fsp3) is 0.432. The van der Waals surface area contributed by atoms with E-state index in [1.807, 2.05) is 6.07 Å². The van der Waals surface area contributed by atoms with Crippen molar-refractivity contribution in [2.75, 3.05) is 27.9 Å². The lowest BCUT2D eigenvalue weighted by atomic mass is 9.84.